The van der Waals surface area contributed by atoms with E-state index in [0.717, 1.165) is 18.7 Å². The molecule has 0 aromatic heterocycles. The summed E-state index contributed by atoms with van der Waals surface area (Å²) in [5, 5.41) is 8.79. The molecule has 1 rings (SSSR count). The summed E-state index contributed by atoms with van der Waals surface area (Å²) >= 11 is 0. The quantitative estimate of drug-likeness (QED) is 0.850. The molecule has 0 amide bonds. The largest absolute Gasteiger partial charge is 0.416 e. The van der Waals surface area contributed by atoms with Gasteiger partial charge in [-0.3, -0.25) is 4.90 Å². The molecule has 1 aromatic carbocycles. The SMILES string of the molecule is CCN(CC#Cc1ccc(C(F)(F)F)cc1)CCO. The minimum atomic E-state index is -4.31. The zero-order valence-electron chi connectivity index (χ0n) is 10.7. The fourth-order valence-corrected chi connectivity index (χ4v) is 1.49. The van der Waals surface area contributed by atoms with Gasteiger partial charge in [0.05, 0.1) is 18.7 Å². The van der Waals surface area contributed by atoms with E-state index >= 15 is 0 Å². The van der Waals surface area contributed by atoms with Gasteiger partial charge in [0.1, 0.15) is 0 Å². The van der Waals surface area contributed by atoms with Gasteiger partial charge in [0, 0.05) is 12.1 Å². The highest BCUT2D eigenvalue weighted by Crippen LogP contribution is 2.28. The number of nitrogens with zero attached hydrogens (tertiary/aromatic N) is 1. The maximum atomic E-state index is 12.3. The first-order valence-electron chi connectivity index (χ1n) is 5.96. The molecule has 0 saturated carbocycles. The third-order valence-electron chi connectivity index (χ3n) is 2.61. The van der Waals surface area contributed by atoms with Crippen molar-refractivity contribution in [3.63, 3.8) is 0 Å². The van der Waals surface area contributed by atoms with Crippen LogP contribution >= 0.6 is 0 Å². The van der Waals surface area contributed by atoms with Gasteiger partial charge >= 0.3 is 6.18 Å². The second-order valence-electron chi connectivity index (χ2n) is 3.97. The van der Waals surface area contributed by atoms with Crippen LogP contribution < -0.4 is 0 Å². The van der Waals surface area contributed by atoms with Crippen LogP contribution in [0.4, 0.5) is 13.2 Å². The van der Waals surface area contributed by atoms with Crippen molar-refractivity contribution >= 4 is 0 Å². The standard InChI is InChI=1S/C14H16F3NO/c1-2-18(10-11-19)9-3-4-12-5-7-13(8-6-12)14(15,16)17/h5-8,19H,2,9-11H2,1H3. The average Bonchev–Trinajstić information content (AvgIpc) is 2.37. The Morgan fingerprint density at radius 3 is 2.32 bits per heavy atom. The first kappa shape index (κ1) is 15.5. The molecule has 0 radical (unpaired) electrons. The Morgan fingerprint density at radius 1 is 1.21 bits per heavy atom. The van der Waals surface area contributed by atoms with Crippen LogP contribution in [0.25, 0.3) is 0 Å². The second-order valence-corrected chi connectivity index (χ2v) is 3.97. The molecule has 1 aromatic rings. The average molecular weight is 271 g/mol. The maximum Gasteiger partial charge on any atom is 0.416 e. The first-order valence-corrected chi connectivity index (χ1v) is 5.96. The molecule has 0 atom stereocenters. The van der Waals surface area contributed by atoms with E-state index in [1.165, 1.54) is 12.1 Å². The van der Waals surface area contributed by atoms with Crippen molar-refractivity contribution in [2.75, 3.05) is 26.2 Å². The Balaban J connectivity index is 2.64. The number of likely N-dealkylation sites (N-methyl/N-ethyl adjacent to an activating group) is 1. The molecule has 0 bridgehead atoms. The van der Waals surface area contributed by atoms with E-state index < -0.39 is 11.7 Å². The number of aliphatic hydroxyl groups excluding tert-OH is 1. The van der Waals surface area contributed by atoms with Gasteiger partial charge in [0.15, 0.2) is 0 Å². The van der Waals surface area contributed by atoms with Gasteiger partial charge in [-0.15, -0.1) is 0 Å². The number of aliphatic hydroxyl groups is 1. The minimum absolute atomic E-state index is 0.0653. The topological polar surface area (TPSA) is 23.5 Å². The van der Waals surface area contributed by atoms with Crippen LogP contribution in [0.1, 0.15) is 18.1 Å². The normalized spacial score (nSPS) is 11.3. The molecule has 5 heteroatoms. The van der Waals surface area contributed by atoms with Gasteiger partial charge in [0.25, 0.3) is 0 Å². The molecule has 0 saturated heterocycles. The van der Waals surface area contributed by atoms with E-state index in [9.17, 15) is 13.2 Å². The monoisotopic (exact) mass is 271 g/mol. The van der Waals surface area contributed by atoms with Gasteiger partial charge in [-0.05, 0) is 30.8 Å². The maximum absolute atomic E-state index is 12.3. The van der Waals surface area contributed by atoms with Gasteiger partial charge in [-0.2, -0.15) is 13.2 Å². The predicted octanol–water partition coefficient (Wildman–Crippen LogP) is 2.37. The lowest BCUT2D eigenvalue weighted by molar-refractivity contribution is -0.137. The lowest BCUT2D eigenvalue weighted by atomic mass is 10.1. The molecule has 0 aliphatic heterocycles. The smallest absolute Gasteiger partial charge is 0.395 e. The molecule has 1 N–H and O–H groups in total. The predicted molar refractivity (Wildman–Crippen MR) is 67.5 cm³/mol. The molecule has 104 valence electrons. The third-order valence-corrected chi connectivity index (χ3v) is 2.61. The Kier molecular flexibility index (Phi) is 5.87. The Bertz CT molecular complexity index is 442. The van der Waals surface area contributed by atoms with E-state index in [1.54, 1.807) is 0 Å². The molecule has 0 heterocycles. The van der Waals surface area contributed by atoms with E-state index in [4.69, 9.17) is 5.11 Å². The second kappa shape index (κ2) is 7.17. The fraction of sp³-hybridized carbons (Fsp3) is 0.429. The van der Waals surface area contributed by atoms with Crippen LogP contribution in [0.2, 0.25) is 0 Å². The zero-order valence-corrected chi connectivity index (χ0v) is 10.7. The summed E-state index contributed by atoms with van der Waals surface area (Å²) in [7, 11) is 0. The Morgan fingerprint density at radius 2 is 1.84 bits per heavy atom. The number of rotatable bonds is 4. The number of halogens is 3. The van der Waals surface area contributed by atoms with E-state index in [0.29, 0.717) is 18.7 Å². The molecule has 2 nitrogen and oxygen atoms in total. The lowest BCUT2D eigenvalue weighted by Gasteiger charge is -2.14. The highest BCUT2D eigenvalue weighted by atomic mass is 19.4. The molecule has 19 heavy (non-hydrogen) atoms. The van der Waals surface area contributed by atoms with E-state index in [-0.39, 0.29) is 6.61 Å². The fourth-order valence-electron chi connectivity index (χ4n) is 1.49. The summed E-state index contributed by atoms with van der Waals surface area (Å²) in [6.07, 6.45) is -4.31. The highest BCUT2D eigenvalue weighted by molar-refractivity contribution is 5.37. The summed E-state index contributed by atoms with van der Waals surface area (Å²) < 4.78 is 37.0. The first-order chi connectivity index (χ1) is 8.97. The minimum Gasteiger partial charge on any atom is -0.395 e. The molecule has 0 spiro atoms. The molecular weight excluding hydrogens is 255 g/mol. The lowest BCUT2D eigenvalue weighted by Crippen LogP contribution is -2.26. The van der Waals surface area contributed by atoms with Crippen molar-refractivity contribution in [3.05, 3.63) is 35.4 Å². The third kappa shape index (κ3) is 5.33. The number of benzene rings is 1. The van der Waals surface area contributed by atoms with Crippen molar-refractivity contribution in [1.82, 2.24) is 4.90 Å². The van der Waals surface area contributed by atoms with Gasteiger partial charge < -0.3 is 5.11 Å². The number of hydrogen-bond donors (Lipinski definition) is 1. The van der Waals surface area contributed by atoms with Crippen LogP contribution in [-0.4, -0.2) is 36.2 Å². The summed E-state index contributed by atoms with van der Waals surface area (Å²) in [5.41, 5.74) is -0.124. The number of alkyl halides is 3. The molecule has 0 unspecified atom stereocenters. The Hall–Kier alpha value is -1.51. The van der Waals surface area contributed by atoms with Gasteiger partial charge in [-0.25, -0.2) is 0 Å². The van der Waals surface area contributed by atoms with E-state index in [2.05, 4.69) is 11.8 Å². The van der Waals surface area contributed by atoms with Crippen molar-refractivity contribution in [2.45, 2.75) is 13.1 Å². The van der Waals surface area contributed by atoms with E-state index in [1.807, 2.05) is 11.8 Å². The van der Waals surface area contributed by atoms with Gasteiger partial charge in [-0.1, -0.05) is 18.8 Å². The van der Waals surface area contributed by atoms with Crippen molar-refractivity contribution < 1.29 is 18.3 Å². The van der Waals surface area contributed by atoms with Crippen molar-refractivity contribution in [3.8, 4) is 11.8 Å². The molecule has 0 aliphatic rings. The van der Waals surface area contributed by atoms with Crippen molar-refractivity contribution in [2.24, 2.45) is 0 Å². The summed E-state index contributed by atoms with van der Waals surface area (Å²) in [4.78, 5) is 1.94. The van der Waals surface area contributed by atoms with Crippen LogP contribution in [0, 0.1) is 11.8 Å². The molecular formula is C14H16F3NO. The summed E-state index contributed by atoms with van der Waals surface area (Å²) in [5.74, 6) is 5.69. The summed E-state index contributed by atoms with van der Waals surface area (Å²) in [6.45, 7) is 3.81. The molecule has 0 fully saturated rings. The van der Waals surface area contributed by atoms with Crippen LogP contribution in [-0.2, 0) is 6.18 Å². The Labute approximate surface area is 110 Å². The highest BCUT2D eigenvalue weighted by Gasteiger charge is 2.29. The summed E-state index contributed by atoms with van der Waals surface area (Å²) in [6, 6.07) is 4.76. The number of hydrogen-bond acceptors (Lipinski definition) is 2. The van der Waals surface area contributed by atoms with Crippen LogP contribution in [0.15, 0.2) is 24.3 Å². The molecule has 0 aliphatic carbocycles. The van der Waals surface area contributed by atoms with Crippen molar-refractivity contribution in [1.29, 1.82) is 0 Å². The van der Waals surface area contributed by atoms with Crippen LogP contribution in [0.5, 0.6) is 0 Å². The van der Waals surface area contributed by atoms with Gasteiger partial charge in [0.2, 0.25) is 0 Å². The van der Waals surface area contributed by atoms with Crippen LogP contribution in [0.3, 0.4) is 0 Å². The zero-order chi connectivity index (χ0) is 14.3.